The van der Waals surface area contributed by atoms with Gasteiger partial charge < -0.3 is 19.8 Å². The molecule has 2 rings (SSSR count). The second-order valence-electron chi connectivity index (χ2n) is 5.17. The molecule has 0 aliphatic carbocycles. The Labute approximate surface area is 118 Å². The number of likely N-dealkylation sites (tertiary alicyclic amines) is 1. The maximum Gasteiger partial charge on any atom is 0.320 e. The number of aromatic nitrogens is 1. The Morgan fingerprint density at radius 2 is 2.30 bits per heavy atom. The van der Waals surface area contributed by atoms with Crippen LogP contribution >= 0.6 is 0 Å². The van der Waals surface area contributed by atoms with Crippen molar-refractivity contribution in [2.75, 3.05) is 38.1 Å². The smallest absolute Gasteiger partial charge is 0.320 e. The van der Waals surface area contributed by atoms with E-state index >= 15 is 0 Å². The quantitative estimate of drug-likeness (QED) is 0.743. The molecule has 0 saturated carbocycles. The number of amides is 2. The van der Waals surface area contributed by atoms with Crippen LogP contribution in [0.1, 0.15) is 18.6 Å². The summed E-state index contributed by atoms with van der Waals surface area (Å²) in [6.07, 6.45) is 2.09. The largest absolute Gasteiger partial charge is 0.395 e. The predicted octanol–water partition coefficient (Wildman–Crippen LogP) is 0.809. The lowest BCUT2D eigenvalue weighted by Crippen LogP contribution is -2.40. The van der Waals surface area contributed by atoms with E-state index in [1.54, 1.807) is 13.0 Å². The minimum atomic E-state index is -0.254. The minimum absolute atomic E-state index is 0.211. The molecule has 0 atom stereocenters. The Morgan fingerprint density at radius 3 is 2.90 bits per heavy atom. The molecule has 7 nitrogen and oxygen atoms in total. The van der Waals surface area contributed by atoms with E-state index in [2.05, 4.69) is 20.7 Å². The number of anilines is 1. The van der Waals surface area contributed by atoms with Crippen LogP contribution in [0.25, 0.3) is 0 Å². The molecule has 0 bridgehead atoms. The van der Waals surface area contributed by atoms with Gasteiger partial charge in [-0.25, -0.2) is 4.79 Å². The van der Waals surface area contributed by atoms with E-state index in [0.717, 1.165) is 32.5 Å². The fourth-order valence-electron chi connectivity index (χ4n) is 2.38. The average molecular weight is 282 g/mol. The molecular formula is C13H22N4O3. The lowest BCUT2D eigenvalue weighted by molar-refractivity contribution is 0.147. The zero-order valence-electron chi connectivity index (χ0n) is 11.8. The van der Waals surface area contributed by atoms with Gasteiger partial charge in [-0.1, -0.05) is 5.16 Å². The first-order chi connectivity index (χ1) is 9.67. The molecule has 1 aliphatic rings. The number of carbonyl (C=O) groups excluding carboxylic acids is 1. The monoisotopic (exact) mass is 282 g/mol. The number of rotatable bonds is 5. The normalized spacial score (nSPS) is 17.1. The summed E-state index contributed by atoms with van der Waals surface area (Å²) in [7, 11) is 0. The van der Waals surface area contributed by atoms with E-state index in [9.17, 15) is 4.79 Å². The molecule has 0 aromatic carbocycles. The third-order valence-electron chi connectivity index (χ3n) is 3.54. The minimum Gasteiger partial charge on any atom is -0.395 e. The third kappa shape index (κ3) is 4.50. The Kier molecular flexibility index (Phi) is 5.37. The number of hydrogen-bond donors (Lipinski definition) is 3. The van der Waals surface area contributed by atoms with Gasteiger partial charge in [-0.15, -0.1) is 0 Å². The number of piperidine rings is 1. The van der Waals surface area contributed by atoms with Crippen molar-refractivity contribution in [3.05, 3.63) is 11.8 Å². The van der Waals surface area contributed by atoms with Gasteiger partial charge in [0.2, 0.25) is 0 Å². The van der Waals surface area contributed by atoms with Crippen molar-refractivity contribution in [1.82, 2.24) is 15.4 Å². The second-order valence-corrected chi connectivity index (χ2v) is 5.17. The van der Waals surface area contributed by atoms with Crippen molar-refractivity contribution in [2.24, 2.45) is 5.92 Å². The molecule has 0 radical (unpaired) electrons. The highest BCUT2D eigenvalue weighted by atomic mass is 16.5. The molecule has 2 heterocycles. The fraction of sp³-hybridized carbons (Fsp3) is 0.692. The first-order valence-corrected chi connectivity index (χ1v) is 6.98. The first kappa shape index (κ1) is 14.8. The van der Waals surface area contributed by atoms with Gasteiger partial charge in [-0.2, -0.15) is 0 Å². The molecule has 20 heavy (non-hydrogen) atoms. The van der Waals surface area contributed by atoms with Crippen LogP contribution in [0, 0.1) is 12.8 Å². The fourth-order valence-corrected chi connectivity index (χ4v) is 2.38. The van der Waals surface area contributed by atoms with Crippen LogP contribution in [0.5, 0.6) is 0 Å². The Bertz CT molecular complexity index is 427. The van der Waals surface area contributed by atoms with Gasteiger partial charge in [-0.3, -0.25) is 5.32 Å². The van der Waals surface area contributed by atoms with Crippen molar-refractivity contribution in [2.45, 2.75) is 19.8 Å². The summed E-state index contributed by atoms with van der Waals surface area (Å²) in [6.45, 7) is 5.36. The number of hydrogen-bond acceptors (Lipinski definition) is 5. The summed E-state index contributed by atoms with van der Waals surface area (Å²) < 4.78 is 4.88. The first-order valence-electron chi connectivity index (χ1n) is 6.98. The number of carbonyl (C=O) groups is 1. The molecule has 1 aromatic rings. The second kappa shape index (κ2) is 7.25. The number of urea groups is 1. The number of β-amino-alcohol motifs (C(OH)–C–C–N with tert-alkyl or cyclic N) is 1. The van der Waals surface area contributed by atoms with Crippen LogP contribution in [0.3, 0.4) is 0 Å². The number of aryl methyl sites for hydroxylation is 1. The van der Waals surface area contributed by atoms with Crippen molar-refractivity contribution in [1.29, 1.82) is 0 Å². The summed E-state index contributed by atoms with van der Waals surface area (Å²) >= 11 is 0. The number of nitrogens with zero attached hydrogens (tertiary/aromatic N) is 2. The molecular weight excluding hydrogens is 260 g/mol. The molecule has 1 fully saturated rings. The molecule has 112 valence electrons. The molecule has 3 N–H and O–H groups in total. The summed E-state index contributed by atoms with van der Waals surface area (Å²) in [5.74, 6) is 1.59. The van der Waals surface area contributed by atoms with Crippen LogP contribution in [-0.4, -0.2) is 54.0 Å². The van der Waals surface area contributed by atoms with Gasteiger partial charge in [0.15, 0.2) is 5.82 Å². The highest BCUT2D eigenvalue weighted by Crippen LogP contribution is 2.16. The topological polar surface area (TPSA) is 90.6 Å². The van der Waals surface area contributed by atoms with E-state index in [1.165, 1.54) is 0 Å². The van der Waals surface area contributed by atoms with E-state index in [0.29, 0.717) is 24.0 Å². The van der Waals surface area contributed by atoms with Crippen LogP contribution in [0.2, 0.25) is 0 Å². The van der Waals surface area contributed by atoms with Crippen LogP contribution < -0.4 is 10.6 Å². The molecule has 1 aliphatic heterocycles. The van der Waals surface area contributed by atoms with E-state index in [-0.39, 0.29) is 12.6 Å². The standard InChI is InChI=1S/C13H22N4O3/c1-10-8-12(16-20-10)15-13(19)14-9-11-2-4-17(5-3-11)6-7-18/h8,11,18H,2-7,9H2,1H3,(H2,14,15,16,19). The highest BCUT2D eigenvalue weighted by Gasteiger charge is 2.19. The lowest BCUT2D eigenvalue weighted by Gasteiger charge is -2.31. The van der Waals surface area contributed by atoms with Crippen molar-refractivity contribution < 1.29 is 14.4 Å². The maximum absolute atomic E-state index is 11.7. The van der Waals surface area contributed by atoms with Gasteiger partial charge >= 0.3 is 6.03 Å². The Morgan fingerprint density at radius 1 is 1.55 bits per heavy atom. The summed E-state index contributed by atoms with van der Waals surface area (Å²) in [6, 6.07) is 1.42. The summed E-state index contributed by atoms with van der Waals surface area (Å²) in [5.41, 5.74) is 0. The zero-order valence-corrected chi connectivity index (χ0v) is 11.8. The third-order valence-corrected chi connectivity index (χ3v) is 3.54. The number of aliphatic hydroxyl groups excluding tert-OH is 1. The molecule has 0 unspecified atom stereocenters. The van der Waals surface area contributed by atoms with Gasteiger partial charge in [-0.05, 0) is 38.8 Å². The van der Waals surface area contributed by atoms with Crippen LogP contribution in [-0.2, 0) is 0 Å². The zero-order chi connectivity index (χ0) is 14.4. The lowest BCUT2D eigenvalue weighted by atomic mass is 9.97. The van der Waals surface area contributed by atoms with Gasteiger partial charge in [0.05, 0.1) is 6.61 Å². The van der Waals surface area contributed by atoms with Crippen molar-refractivity contribution >= 4 is 11.8 Å². The van der Waals surface area contributed by atoms with Crippen LogP contribution in [0.15, 0.2) is 10.6 Å². The van der Waals surface area contributed by atoms with Crippen molar-refractivity contribution in [3.8, 4) is 0 Å². The molecule has 1 aromatic heterocycles. The highest BCUT2D eigenvalue weighted by molar-refractivity contribution is 5.88. The number of nitrogens with one attached hydrogen (secondary N) is 2. The van der Waals surface area contributed by atoms with Gasteiger partial charge in [0, 0.05) is 19.2 Å². The summed E-state index contributed by atoms with van der Waals surface area (Å²) in [4.78, 5) is 13.9. The van der Waals surface area contributed by atoms with E-state index in [4.69, 9.17) is 9.63 Å². The molecule has 0 spiro atoms. The molecule has 7 heteroatoms. The SMILES string of the molecule is Cc1cc(NC(=O)NCC2CCN(CCO)CC2)no1. The molecule has 1 saturated heterocycles. The Balaban J connectivity index is 1.64. The predicted molar refractivity (Wildman–Crippen MR) is 74.5 cm³/mol. The molecule has 2 amide bonds. The summed E-state index contributed by atoms with van der Waals surface area (Å²) in [5, 5.41) is 18.1. The van der Waals surface area contributed by atoms with Gasteiger partial charge in [0.25, 0.3) is 0 Å². The average Bonchev–Trinajstić information content (AvgIpc) is 2.84. The van der Waals surface area contributed by atoms with Crippen molar-refractivity contribution in [3.63, 3.8) is 0 Å². The maximum atomic E-state index is 11.7. The van der Waals surface area contributed by atoms with E-state index < -0.39 is 0 Å². The van der Waals surface area contributed by atoms with E-state index in [1.807, 2.05) is 0 Å². The number of aliphatic hydroxyl groups is 1. The van der Waals surface area contributed by atoms with Gasteiger partial charge in [0.1, 0.15) is 5.76 Å². The van der Waals surface area contributed by atoms with Crippen LogP contribution in [0.4, 0.5) is 10.6 Å². The Hall–Kier alpha value is -1.60.